The molecule has 7 heteroatoms. The maximum atomic E-state index is 4.50. The van der Waals surface area contributed by atoms with Crippen molar-refractivity contribution in [3.8, 4) is 0 Å². The van der Waals surface area contributed by atoms with Crippen LogP contribution in [0.2, 0.25) is 0 Å². The molecule has 1 aliphatic heterocycles. The highest BCUT2D eigenvalue weighted by Crippen LogP contribution is 2.22. The molecule has 3 rings (SSSR count). The highest BCUT2D eigenvalue weighted by atomic mass is 32.1. The Kier molecular flexibility index (Phi) is 6.46. The SMILES string of the molecule is CN=C(NCC(c1cccs1)N(C)C)N1CCN(c2ccccn2)CC1. The van der Waals surface area contributed by atoms with Gasteiger partial charge >= 0.3 is 0 Å². The summed E-state index contributed by atoms with van der Waals surface area (Å²) in [5.74, 6) is 2.04. The molecule has 0 bridgehead atoms. The fourth-order valence-electron chi connectivity index (χ4n) is 3.23. The van der Waals surface area contributed by atoms with Gasteiger partial charge < -0.3 is 20.0 Å². The molecule has 3 heterocycles. The van der Waals surface area contributed by atoms with Crippen molar-refractivity contribution in [2.45, 2.75) is 6.04 Å². The van der Waals surface area contributed by atoms with Gasteiger partial charge in [0.25, 0.3) is 0 Å². The number of hydrogen-bond donors (Lipinski definition) is 1. The molecule has 1 aliphatic rings. The van der Waals surface area contributed by atoms with E-state index in [4.69, 9.17) is 0 Å². The highest BCUT2D eigenvalue weighted by Gasteiger charge is 2.22. The third kappa shape index (κ3) is 4.53. The van der Waals surface area contributed by atoms with E-state index in [2.05, 4.69) is 67.7 Å². The molecule has 0 radical (unpaired) electrons. The third-order valence-corrected chi connectivity index (χ3v) is 5.69. The van der Waals surface area contributed by atoms with Crippen LogP contribution in [0.4, 0.5) is 5.82 Å². The molecule has 0 aliphatic carbocycles. The zero-order chi connectivity index (χ0) is 18.4. The maximum absolute atomic E-state index is 4.50. The number of anilines is 1. The average Bonchev–Trinajstić information content (AvgIpc) is 3.20. The Bertz CT molecular complexity index is 677. The van der Waals surface area contributed by atoms with Crippen LogP contribution in [0, 0.1) is 0 Å². The van der Waals surface area contributed by atoms with Gasteiger partial charge in [0.1, 0.15) is 5.82 Å². The van der Waals surface area contributed by atoms with Crippen LogP contribution >= 0.6 is 11.3 Å². The molecule has 0 aromatic carbocycles. The summed E-state index contributed by atoms with van der Waals surface area (Å²) >= 11 is 1.80. The predicted molar refractivity (Wildman–Crippen MR) is 110 cm³/mol. The second-order valence-corrected chi connectivity index (χ2v) is 7.56. The minimum absolute atomic E-state index is 0.349. The van der Waals surface area contributed by atoms with Gasteiger partial charge in [-0.1, -0.05) is 12.1 Å². The molecule has 6 nitrogen and oxygen atoms in total. The van der Waals surface area contributed by atoms with Gasteiger partial charge in [-0.25, -0.2) is 4.98 Å². The lowest BCUT2D eigenvalue weighted by Crippen LogP contribution is -2.53. The van der Waals surface area contributed by atoms with Gasteiger partial charge in [-0.15, -0.1) is 11.3 Å². The molecule has 2 aromatic heterocycles. The fourth-order valence-corrected chi connectivity index (χ4v) is 4.15. The van der Waals surface area contributed by atoms with Gasteiger partial charge in [0.2, 0.25) is 0 Å². The number of piperazine rings is 1. The van der Waals surface area contributed by atoms with E-state index in [0.29, 0.717) is 6.04 Å². The molecule has 0 spiro atoms. The largest absolute Gasteiger partial charge is 0.354 e. The van der Waals surface area contributed by atoms with E-state index in [1.807, 2.05) is 25.4 Å². The van der Waals surface area contributed by atoms with Gasteiger partial charge in [0.05, 0.1) is 6.04 Å². The lowest BCUT2D eigenvalue weighted by molar-refractivity contribution is 0.296. The topological polar surface area (TPSA) is 47.0 Å². The summed E-state index contributed by atoms with van der Waals surface area (Å²) in [4.78, 5) is 17.3. The minimum atomic E-state index is 0.349. The number of thiophene rings is 1. The second kappa shape index (κ2) is 9.00. The van der Waals surface area contributed by atoms with Crippen molar-refractivity contribution in [3.63, 3.8) is 0 Å². The Balaban J connectivity index is 1.55. The van der Waals surface area contributed by atoms with E-state index in [9.17, 15) is 0 Å². The Labute approximate surface area is 160 Å². The molecule has 0 amide bonds. The first-order valence-corrected chi connectivity index (χ1v) is 9.88. The van der Waals surface area contributed by atoms with Crippen LogP contribution in [0.3, 0.4) is 0 Å². The second-order valence-electron chi connectivity index (χ2n) is 6.58. The summed E-state index contributed by atoms with van der Waals surface area (Å²) in [6.07, 6.45) is 1.86. The monoisotopic (exact) mass is 372 g/mol. The highest BCUT2D eigenvalue weighted by molar-refractivity contribution is 7.10. The lowest BCUT2D eigenvalue weighted by atomic mass is 10.2. The number of hydrogen-bond acceptors (Lipinski definition) is 5. The quantitative estimate of drug-likeness (QED) is 0.644. The minimum Gasteiger partial charge on any atom is -0.354 e. The number of guanidine groups is 1. The maximum Gasteiger partial charge on any atom is 0.193 e. The van der Waals surface area contributed by atoms with Crippen molar-refractivity contribution in [1.29, 1.82) is 0 Å². The van der Waals surface area contributed by atoms with Crippen molar-refractivity contribution in [3.05, 3.63) is 46.8 Å². The van der Waals surface area contributed by atoms with E-state index in [1.165, 1.54) is 4.88 Å². The van der Waals surface area contributed by atoms with Crippen LogP contribution < -0.4 is 10.2 Å². The zero-order valence-electron chi connectivity index (χ0n) is 15.8. The number of nitrogens with one attached hydrogen (secondary N) is 1. The third-order valence-electron chi connectivity index (χ3n) is 4.71. The van der Waals surface area contributed by atoms with Gasteiger partial charge in [0, 0.05) is 50.8 Å². The van der Waals surface area contributed by atoms with E-state index < -0.39 is 0 Å². The average molecular weight is 373 g/mol. The summed E-state index contributed by atoms with van der Waals surface area (Å²) in [5.41, 5.74) is 0. The van der Waals surface area contributed by atoms with Crippen LogP contribution in [0.5, 0.6) is 0 Å². The number of aromatic nitrogens is 1. The van der Waals surface area contributed by atoms with E-state index in [0.717, 1.165) is 44.5 Å². The van der Waals surface area contributed by atoms with Crippen LogP contribution in [0.1, 0.15) is 10.9 Å². The Morgan fingerprint density at radius 2 is 2.04 bits per heavy atom. The Hall–Kier alpha value is -2.12. The molecule has 1 N–H and O–H groups in total. The molecular formula is C19H28N6S. The van der Waals surface area contributed by atoms with E-state index in [1.54, 1.807) is 11.3 Å². The normalized spacial score (nSPS) is 16.8. The fraction of sp³-hybridized carbons (Fsp3) is 0.474. The van der Waals surface area contributed by atoms with Crippen LogP contribution in [-0.4, -0.2) is 74.6 Å². The smallest absolute Gasteiger partial charge is 0.193 e. The standard InChI is InChI=1S/C19H28N6S/c1-20-19(22-15-16(23(2)3)17-7-6-14-26-17)25-12-10-24(11-13-25)18-8-4-5-9-21-18/h4-9,14,16H,10-13,15H2,1-3H3,(H,20,22). The molecule has 26 heavy (non-hydrogen) atoms. The molecule has 0 saturated carbocycles. The zero-order valence-corrected chi connectivity index (χ0v) is 16.6. The van der Waals surface area contributed by atoms with E-state index in [-0.39, 0.29) is 0 Å². The molecule has 1 unspecified atom stereocenters. The molecule has 2 aromatic rings. The summed E-state index contributed by atoms with van der Waals surface area (Å²) in [6, 6.07) is 10.7. The summed E-state index contributed by atoms with van der Waals surface area (Å²) in [5, 5.41) is 5.71. The molecule has 140 valence electrons. The first kappa shape index (κ1) is 18.7. The number of aliphatic imine (C=N–C) groups is 1. The molecule has 1 saturated heterocycles. The lowest BCUT2D eigenvalue weighted by Gasteiger charge is -2.37. The number of nitrogens with zero attached hydrogens (tertiary/aromatic N) is 5. The van der Waals surface area contributed by atoms with Crippen molar-refractivity contribution >= 4 is 23.1 Å². The van der Waals surface area contributed by atoms with Gasteiger partial charge in [-0.3, -0.25) is 4.99 Å². The Morgan fingerprint density at radius 3 is 2.62 bits per heavy atom. The van der Waals surface area contributed by atoms with Gasteiger partial charge in [-0.05, 0) is 37.7 Å². The summed E-state index contributed by atoms with van der Waals surface area (Å²) in [7, 11) is 6.12. The first-order valence-electron chi connectivity index (χ1n) is 9.00. The first-order chi connectivity index (χ1) is 12.7. The number of likely N-dealkylation sites (N-methyl/N-ethyl adjacent to an activating group) is 1. The molecule has 1 fully saturated rings. The molecule has 1 atom stereocenters. The Morgan fingerprint density at radius 1 is 1.23 bits per heavy atom. The van der Waals surface area contributed by atoms with Crippen molar-refractivity contribution in [2.24, 2.45) is 4.99 Å². The van der Waals surface area contributed by atoms with Crippen LogP contribution in [0.25, 0.3) is 0 Å². The van der Waals surface area contributed by atoms with Crippen molar-refractivity contribution in [2.75, 3.05) is 58.8 Å². The van der Waals surface area contributed by atoms with Gasteiger partial charge in [0.15, 0.2) is 5.96 Å². The van der Waals surface area contributed by atoms with Crippen LogP contribution in [-0.2, 0) is 0 Å². The predicted octanol–water partition coefficient (Wildman–Crippen LogP) is 2.14. The van der Waals surface area contributed by atoms with Crippen molar-refractivity contribution in [1.82, 2.24) is 20.1 Å². The summed E-state index contributed by atoms with van der Waals surface area (Å²) in [6.45, 7) is 4.66. The number of pyridine rings is 1. The van der Waals surface area contributed by atoms with Gasteiger partial charge in [-0.2, -0.15) is 0 Å². The van der Waals surface area contributed by atoms with Crippen molar-refractivity contribution < 1.29 is 0 Å². The van der Waals surface area contributed by atoms with Crippen LogP contribution in [0.15, 0.2) is 46.9 Å². The number of rotatable bonds is 5. The summed E-state index contributed by atoms with van der Waals surface area (Å²) < 4.78 is 0. The van der Waals surface area contributed by atoms with E-state index >= 15 is 0 Å². The molecular weight excluding hydrogens is 344 g/mol.